The Balaban J connectivity index is 2.10. The van der Waals surface area contributed by atoms with Crippen LogP contribution in [0.25, 0.3) is 0 Å². The number of unbranched alkanes of at least 4 members (excludes halogenated alkanes) is 1. The standard InChI is InChI=1S/C12H26N4O/c1-2-3-5-14-12(17)11-16-9-7-15(6-4-13)8-10-16/h2-11,13H2,1H3,(H,14,17). The van der Waals surface area contributed by atoms with Gasteiger partial charge in [-0.25, -0.2) is 0 Å². The summed E-state index contributed by atoms with van der Waals surface area (Å²) in [6.45, 7) is 9.17. The van der Waals surface area contributed by atoms with E-state index in [9.17, 15) is 4.79 Å². The molecule has 1 saturated heterocycles. The number of amides is 1. The lowest BCUT2D eigenvalue weighted by molar-refractivity contribution is -0.122. The quantitative estimate of drug-likeness (QED) is 0.590. The molecule has 5 heteroatoms. The van der Waals surface area contributed by atoms with Crippen molar-refractivity contribution in [3.63, 3.8) is 0 Å². The van der Waals surface area contributed by atoms with Crippen molar-refractivity contribution in [2.45, 2.75) is 19.8 Å². The van der Waals surface area contributed by atoms with Gasteiger partial charge < -0.3 is 11.1 Å². The predicted molar refractivity (Wildman–Crippen MR) is 69.9 cm³/mol. The maximum absolute atomic E-state index is 11.6. The number of nitrogens with one attached hydrogen (secondary N) is 1. The zero-order valence-corrected chi connectivity index (χ0v) is 11.0. The highest BCUT2D eigenvalue weighted by molar-refractivity contribution is 5.77. The van der Waals surface area contributed by atoms with E-state index in [1.165, 1.54) is 0 Å². The number of carbonyl (C=O) groups is 1. The summed E-state index contributed by atoms with van der Waals surface area (Å²) in [6, 6.07) is 0. The maximum atomic E-state index is 11.6. The highest BCUT2D eigenvalue weighted by Crippen LogP contribution is 2.00. The summed E-state index contributed by atoms with van der Waals surface area (Å²) in [4.78, 5) is 16.2. The van der Waals surface area contributed by atoms with E-state index in [0.717, 1.165) is 58.7 Å². The van der Waals surface area contributed by atoms with Gasteiger partial charge >= 0.3 is 0 Å². The summed E-state index contributed by atoms with van der Waals surface area (Å²) in [5.74, 6) is 0.158. The first-order valence-electron chi connectivity index (χ1n) is 6.67. The third-order valence-electron chi connectivity index (χ3n) is 3.13. The molecule has 0 radical (unpaired) electrons. The Morgan fingerprint density at radius 1 is 1.24 bits per heavy atom. The van der Waals surface area contributed by atoms with Crippen LogP contribution in [-0.4, -0.2) is 68.1 Å². The predicted octanol–water partition coefficient (Wildman–Crippen LogP) is -0.521. The molecule has 0 aromatic heterocycles. The highest BCUT2D eigenvalue weighted by atomic mass is 16.2. The number of nitrogens with zero attached hydrogens (tertiary/aromatic N) is 2. The topological polar surface area (TPSA) is 61.6 Å². The molecule has 3 N–H and O–H groups in total. The fourth-order valence-corrected chi connectivity index (χ4v) is 2.02. The third kappa shape index (κ3) is 6.00. The minimum atomic E-state index is 0.158. The molecule has 0 bridgehead atoms. The summed E-state index contributed by atoms with van der Waals surface area (Å²) in [5.41, 5.74) is 5.52. The fourth-order valence-electron chi connectivity index (χ4n) is 2.02. The first-order valence-corrected chi connectivity index (χ1v) is 6.67. The molecule has 1 amide bonds. The van der Waals surface area contributed by atoms with Crippen molar-refractivity contribution >= 4 is 5.91 Å². The van der Waals surface area contributed by atoms with Crippen molar-refractivity contribution in [2.24, 2.45) is 5.73 Å². The normalized spacial score (nSPS) is 18.2. The minimum absolute atomic E-state index is 0.158. The van der Waals surface area contributed by atoms with E-state index < -0.39 is 0 Å². The van der Waals surface area contributed by atoms with Crippen LogP contribution in [0.4, 0.5) is 0 Å². The van der Waals surface area contributed by atoms with Gasteiger partial charge in [0.15, 0.2) is 0 Å². The molecular weight excluding hydrogens is 216 g/mol. The zero-order valence-electron chi connectivity index (χ0n) is 11.0. The molecule has 0 atom stereocenters. The number of nitrogens with two attached hydrogens (primary N) is 1. The highest BCUT2D eigenvalue weighted by Gasteiger charge is 2.17. The monoisotopic (exact) mass is 242 g/mol. The maximum Gasteiger partial charge on any atom is 0.234 e. The molecule has 1 heterocycles. The zero-order chi connectivity index (χ0) is 12.5. The second-order valence-electron chi connectivity index (χ2n) is 4.61. The Hall–Kier alpha value is -0.650. The Kier molecular flexibility index (Phi) is 7.16. The van der Waals surface area contributed by atoms with E-state index in [2.05, 4.69) is 22.0 Å². The lowest BCUT2D eigenvalue weighted by Crippen LogP contribution is -2.50. The van der Waals surface area contributed by atoms with Crippen LogP contribution < -0.4 is 11.1 Å². The van der Waals surface area contributed by atoms with Gasteiger partial charge in [0.25, 0.3) is 0 Å². The van der Waals surface area contributed by atoms with Crippen molar-refractivity contribution in [3.05, 3.63) is 0 Å². The Morgan fingerprint density at radius 3 is 2.47 bits per heavy atom. The van der Waals surface area contributed by atoms with Gasteiger partial charge in [-0.15, -0.1) is 0 Å². The van der Waals surface area contributed by atoms with Crippen LogP contribution in [0, 0.1) is 0 Å². The van der Waals surface area contributed by atoms with Crippen molar-refractivity contribution in [3.8, 4) is 0 Å². The molecular formula is C12H26N4O. The van der Waals surface area contributed by atoms with Crippen molar-refractivity contribution in [1.82, 2.24) is 15.1 Å². The molecule has 1 rings (SSSR count). The average Bonchev–Trinajstić information content (AvgIpc) is 2.32. The van der Waals surface area contributed by atoms with E-state index >= 15 is 0 Å². The Bertz CT molecular complexity index is 215. The van der Waals surface area contributed by atoms with Gasteiger partial charge in [0.05, 0.1) is 6.54 Å². The number of carbonyl (C=O) groups excluding carboxylic acids is 1. The molecule has 0 saturated carbocycles. The van der Waals surface area contributed by atoms with E-state index in [1.807, 2.05) is 0 Å². The van der Waals surface area contributed by atoms with Gasteiger partial charge in [-0.05, 0) is 6.42 Å². The molecule has 0 aliphatic carbocycles. The van der Waals surface area contributed by atoms with E-state index in [1.54, 1.807) is 0 Å². The van der Waals surface area contributed by atoms with Gasteiger partial charge in [-0.1, -0.05) is 13.3 Å². The van der Waals surface area contributed by atoms with Gasteiger partial charge in [0.2, 0.25) is 5.91 Å². The van der Waals surface area contributed by atoms with Crippen LogP contribution in [0.3, 0.4) is 0 Å². The van der Waals surface area contributed by atoms with Gasteiger partial charge in [-0.2, -0.15) is 0 Å². The summed E-state index contributed by atoms with van der Waals surface area (Å²) in [6.07, 6.45) is 2.19. The summed E-state index contributed by atoms with van der Waals surface area (Å²) in [5, 5.41) is 2.95. The van der Waals surface area contributed by atoms with Crippen LogP contribution in [0.5, 0.6) is 0 Å². The summed E-state index contributed by atoms with van der Waals surface area (Å²) in [7, 11) is 0. The molecule has 0 spiro atoms. The molecule has 0 aromatic rings. The first kappa shape index (κ1) is 14.4. The summed E-state index contributed by atoms with van der Waals surface area (Å²) < 4.78 is 0. The third-order valence-corrected chi connectivity index (χ3v) is 3.13. The average molecular weight is 242 g/mol. The molecule has 17 heavy (non-hydrogen) atoms. The van der Waals surface area contributed by atoms with E-state index in [4.69, 9.17) is 5.73 Å². The molecule has 1 aliphatic rings. The Labute approximate surface area is 104 Å². The smallest absolute Gasteiger partial charge is 0.234 e. The van der Waals surface area contributed by atoms with Crippen LogP contribution in [-0.2, 0) is 4.79 Å². The van der Waals surface area contributed by atoms with Crippen LogP contribution in [0.2, 0.25) is 0 Å². The van der Waals surface area contributed by atoms with Crippen LogP contribution >= 0.6 is 0 Å². The lowest BCUT2D eigenvalue weighted by Gasteiger charge is -2.33. The van der Waals surface area contributed by atoms with Gasteiger partial charge in [0, 0.05) is 45.8 Å². The second-order valence-corrected chi connectivity index (χ2v) is 4.61. The molecule has 1 aliphatic heterocycles. The van der Waals surface area contributed by atoms with Crippen molar-refractivity contribution in [2.75, 3.05) is 52.4 Å². The van der Waals surface area contributed by atoms with E-state index in [-0.39, 0.29) is 5.91 Å². The summed E-state index contributed by atoms with van der Waals surface area (Å²) >= 11 is 0. The Morgan fingerprint density at radius 2 is 1.88 bits per heavy atom. The molecule has 0 aromatic carbocycles. The first-order chi connectivity index (χ1) is 8.26. The van der Waals surface area contributed by atoms with Crippen LogP contribution in [0.1, 0.15) is 19.8 Å². The number of piperazine rings is 1. The largest absolute Gasteiger partial charge is 0.355 e. The number of hydrogen-bond donors (Lipinski definition) is 2. The number of rotatable bonds is 7. The van der Waals surface area contributed by atoms with Crippen molar-refractivity contribution < 1.29 is 4.79 Å². The van der Waals surface area contributed by atoms with Gasteiger partial charge in [0.1, 0.15) is 0 Å². The fraction of sp³-hybridized carbons (Fsp3) is 0.917. The van der Waals surface area contributed by atoms with Crippen molar-refractivity contribution in [1.29, 1.82) is 0 Å². The lowest BCUT2D eigenvalue weighted by atomic mass is 10.3. The van der Waals surface area contributed by atoms with E-state index in [0.29, 0.717) is 6.54 Å². The number of hydrogen-bond acceptors (Lipinski definition) is 4. The molecule has 100 valence electrons. The molecule has 1 fully saturated rings. The second kappa shape index (κ2) is 8.44. The van der Waals surface area contributed by atoms with Crippen LogP contribution in [0.15, 0.2) is 0 Å². The van der Waals surface area contributed by atoms with Gasteiger partial charge in [-0.3, -0.25) is 14.6 Å². The molecule has 0 unspecified atom stereocenters. The minimum Gasteiger partial charge on any atom is -0.355 e. The molecule has 5 nitrogen and oxygen atoms in total. The SMILES string of the molecule is CCCCNC(=O)CN1CCN(CCN)CC1.